The van der Waals surface area contributed by atoms with E-state index in [-0.39, 0.29) is 106 Å². The maximum atomic E-state index is 14.2. The normalized spacial score (nSPS) is 15.2. The maximum Gasteiger partial charge on any atom is 0.327 e. The van der Waals surface area contributed by atoms with E-state index in [4.69, 9.17) is 28.7 Å². The Hall–Kier alpha value is -5.49. The number of carboxylic acid groups (broad SMARTS) is 1. The second-order valence-electron chi connectivity index (χ2n) is 20.1. The first kappa shape index (κ1) is 71.5. The summed E-state index contributed by atoms with van der Waals surface area (Å²) in [7, 11) is 0. The Morgan fingerprint density at radius 3 is 1.12 bits per heavy atom. The molecule has 77 heavy (non-hydrogen) atoms. The van der Waals surface area contributed by atoms with Crippen LogP contribution in [0.3, 0.4) is 0 Å². The van der Waals surface area contributed by atoms with Gasteiger partial charge >= 0.3 is 5.97 Å². The molecule has 0 aromatic carbocycles. The summed E-state index contributed by atoms with van der Waals surface area (Å²) in [5.74, 6) is -9.70. The van der Waals surface area contributed by atoms with E-state index in [0.29, 0.717) is 25.7 Å². The van der Waals surface area contributed by atoms with Crippen LogP contribution < -0.4 is 76.5 Å². The molecule has 0 unspecified atom stereocenters. The smallest absolute Gasteiger partial charge is 0.327 e. The van der Waals surface area contributed by atoms with Crippen molar-refractivity contribution < 1.29 is 58.2 Å². The molecule has 442 valence electrons. The van der Waals surface area contributed by atoms with Crippen molar-refractivity contribution in [3.05, 3.63) is 0 Å². The third kappa shape index (κ3) is 29.7. The molecule has 0 saturated heterocycles. The Kier molecular flexibility index (Phi) is 36.2. The van der Waals surface area contributed by atoms with Crippen LogP contribution in [0, 0.1) is 17.8 Å². The highest BCUT2D eigenvalue weighted by Crippen LogP contribution is 2.13. The Balaban J connectivity index is 6.78. The number of hydrogen-bond donors (Lipinski definition) is 18. The zero-order chi connectivity index (χ0) is 58.9. The number of carboxylic acids is 1. The topological polar surface area (TPSA) is 462 Å². The average Bonchev–Trinajstić information content (AvgIpc) is 3.34. The number of carbonyl (C=O) groups excluding carboxylic acids is 9. The summed E-state index contributed by atoms with van der Waals surface area (Å²) in [6.45, 7) is 12.3. The van der Waals surface area contributed by atoms with Crippen molar-refractivity contribution in [2.24, 2.45) is 51.4 Å². The molecular weight excluding hydrogens is 1040 g/mol. The van der Waals surface area contributed by atoms with Gasteiger partial charge in [-0.15, -0.1) is 0 Å². The van der Waals surface area contributed by atoms with Crippen molar-refractivity contribution in [1.29, 1.82) is 0 Å². The number of amides is 9. The highest BCUT2D eigenvalue weighted by Gasteiger charge is 2.36. The molecular formula is C48H91N15O12S2. The summed E-state index contributed by atoms with van der Waals surface area (Å²) in [6.07, 6.45) is 0.540. The van der Waals surface area contributed by atoms with Gasteiger partial charge < -0.3 is 86.7 Å². The van der Waals surface area contributed by atoms with E-state index in [2.05, 4.69) is 78.1 Å². The maximum absolute atomic E-state index is 14.2. The number of carbonyl (C=O) groups is 10. The number of nitrogens with two attached hydrogens (primary N) is 5. The fourth-order valence-electron chi connectivity index (χ4n) is 7.59. The molecule has 10 atom stereocenters. The minimum Gasteiger partial charge on any atom is -0.480 e. The molecule has 0 aliphatic carbocycles. The predicted molar refractivity (Wildman–Crippen MR) is 298 cm³/mol. The van der Waals surface area contributed by atoms with Gasteiger partial charge in [0.2, 0.25) is 53.2 Å². The lowest BCUT2D eigenvalue weighted by Gasteiger charge is -2.29. The zero-order valence-electron chi connectivity index (χ0n) is 45.7. The fraction of sp³-hybridized carbons (Fsp3) is 0.771. The van der Waals surface area contributed by atoms with Crippen LogP contribution in [0.2, 0.25) is 0 Å². The summed E-state index contributed by atoms with van der Waals surface area (Å²) < 4.78 is 0. The van der Waals surface area contributed by atoms with Crippen LogP contribution in [0.15, 0.2) is 4.99 Å². The molecule has 27 nitrogen and oxygen atoms in total. The molecule has 0 fully saturated rings. The minimum atomic E-state index is -1.68. The molecule has 0 rings (SSSR count). The molecule has 0 aliphatic rings. The largest absolute Gasteiger partial charge is 0.480 e. The number of aliphatic hydroxyl groups is 1. The number of nitrogens with zero attached hydrogens (tertiary/aromatic N) is 1. The van der Waals surface area contributed by atoms with Crippen LogP contribution in [0.5, 0.6) is 0 Å². The standard InChI is InChI=1S/C48H91N15O12S2/c1-25(2)19-32(55-37(65)22-51)42(69)59-33(20-26(3)4)43(70)57-29(13-8-10-16-49)39(66)56-31(15-12-18-54-48(52)53)40(67)61-35(23-76)45(72)58-30(14-9-11-17-50)41(68)63-38(28(7)64)46(73)60-34(21-27(5)6)44(71)62-36(24-77)47(74)75/h25-36,38,64,76-77H,8-24,49-51H2,1-7H3,(H,55,65)(H,56,66)(H,57,70)(H,58,72)(H,59,69)(H,60,73)(H,61,67)(H,62,71)(H,63,68)(H,74,75)(H4,52,53,54)/t28-,29+,30+,31+,32+,33+,34+,35+,36+,38+/m1/s1. The zero-order valence-corrected chi connectivity index (χ0v) is 47.5. The Morgan fingerprint density at radius 1 is 0.442 bits per heavy atom. The molecule has 29 heteroatoms. The average molecular weight is 1130 g/mol. The summed E-state index contributed by atoms with van der Waals surface area (Å²) in [5.41, 5.74) is 28.0. The molecule has 0 radical (unpaired) electrons. The SMILES string of the molecule is CC(C)C[C@H](NC(=O)CN)C(=O)N[C@@H](CC(C)C)C(=O)N[C@@H](CCCCN)C(=O)N[C@@H](CCCN=C(N)N)C(=O)N[C@@H](CS)C(=O)N[C@@H](CCCCN)C(=O)N[C@H](C(=O)N[C@@H](CC(C)C)C(=O)N[C@@H](CS)C(=O)O)[C@@H](C)O. The van der Waals surface area contributed by atoms with Crippen LogP contribution in [0.1, 0.15) is 119 Å². The Labute approximate surface area is 463 Å². The lowest BCUT2D eigenvalue weighted by molar-refractivity contribution is -0.142. The fourth-order valence-corrected chi connectivity index (χ4v) is 8.10. The monoisotopic (exact) mass is 1130 g/mol. The summed E-state index contributed by atoms with van der Waals surface area (Å²) in [4.78, 5) is 138. The summed E-state index contributed by atoms with van der Waals surface area (Å²) in [6, 6.07) is -12.0. The molecule has 0 aromatic rings. The first-order valence-electron chi connectivity index (χ1n) is 26.2. The van der Waals surface area contributed by atoms with Gasteiger partial charge in [-0.05, 0) is 108 Å². The van der Waals surface area contributed by atoms with Gasteiger partial charge in [0.25, 0.3) is 0 Å². The van der Waals surface area contributed by atoms with Gasteiger partial charge in [-0.3, -0.25) is 48.1 Å². The van der Waals surface area contributed by atoms with Crippen LogP contribution in [0.25, 0.3) is 0 Å². The third-order valence-electron chi connectivity index (χ3n) is 11.6. The van der Waals surface area contributed by atoms with Crippen LogP contribution >= 0.6 is 25.3 Å². The van der Waals surface area contributed by atoms with E-state index in [1.54, 1.807) is 13.8 Å². The second kappa shape index (κ2) is 39.0. The number of nitrogens with one attached hydrogen (secondary N) is 9. The van der Waals surface area contributed by atoms with Gasteiger partial charge in [0, 0.05) is 18.1 Å². The van der Waals surface area contributed by atoms with Gasteiger partial charge in [0.05, 0.1) is 12.6 Å². The van der Waals surface area contributed by atoms with Crippen molar-refractivity contribution in [3.63, 3.8) is 0 Å². The Morgan fingerprint density at radius 2 is 0.766 bits per heavy atom. The lowest BCUT2D eigenvalue weighted by Crippen LogP contribution is -2.62. The lowest BCUT2D eigenvalue weighted by atomic mass is 9.99. The number of aliphatic hydroxyl groups excluding tert-OH is 1. The molecule has 0 bridgehead atoms. The van der Waals surface area contributed by atoms with Crippen molar-refractivity contribution in [2.45, 2.75) is 180 Å². The number of guanidine groups is 1. The Bertz CT molecular complexity index is 1930. The van der Waals surface area contributed by atoms with E-state index >= 15 is 0 Å². The summed E-state index contributed by atoms with van der Waals surface area (Å²) in [5, 5.41) is 43.2. The minimum absolute atomic E-state index is 0.0225. The molecule has 21 N–H and O–H groups in total. The van der Waals surface area contributed by atoms with E-state index in [9.17, 15) is 58.2 Å². The number of aliphatic carboxylic acids is 1. The quantitative estimate of drug-likeness (QED) is 0.0121. The first-order valence-corrected chi connectivity index (χ1v) is 27.4. The van der Waals surface area contributed by atoms with Crippen molar-refractivity contribution in [2.75, 3.05) is 37.7 Å². The molecule has 9 amide bonds. The number of unbranched alkanes of at least 4 members (excludes halogenated alkanes) is 2. The van der Waals surface area contributed by atoms with E-state index < -0.39 is 120 Å². The van der Waals surface area contributed by atoms with Gasteiger partial charge in [0.15, 0.2) is 5.96 Å². The third-order valence-corrected chi connectivity index (χ3v) is 12.4. The van der Waals surface area contributed by atoms with Crippen LogP contribution in [-0.2, 0) is 47.9 Å². The molecule has 0 spiro atoms. The predicted octanol–water partition coefficient (Wildman–Crippen LogP) is -3.92. The van der Waals surface area contributed by atoms with Crippen LogP contribution in [0.4, 0.5) is 0 Å². The molecule has 0 aliphatic heterocycles. The van der Waals surface area contributed by atoms with Gasteiger partial charge in [-0.25, -0.2) is 4.79 Å². The molecule has 0 saturated carbocycles. The van der Waals surface area contributed by atoms with Gasteiger partial charge in [-0.2, -0.15) is 25.3 Å². The first-order chi connectivity index (χ1) is 36.1. The number of aliphatic imine (C=N–C) groups is 1. The van der Waals surface area contributed by atoms with E-state index in [0.717, 1.165) is 0 Å². The van der Waals surface area contributed by atoms with Crippen molar-refractivity contribution in [1.82, 2.24) is 47.9 Å². The molecule has 0 heterocycles. The number of rotatable bonds is 40. The van der Waals surface area contributed by atoms with Gasteiger partial charge in [0.1, 0.15) is 54.4 Å². The van der Waals surface area contributed by atoms with Crippen molar-refractivity contribution >= 4 is 90.4 Å². The van der Waals surface area contributed by atoms with Crippen molar-refractivity contribution in [3.8, 4) is 0 Å². The number of thiol groups is 2. The highest BCUT2D eigenvalue weighted by molar-refractivity contribution is 7.80. The second-order valence-corrected chi connectivity index (χ2v) is 20.8. The van der Waals surface area contributed by atoms with E-state index in [1.807, 2.05) is 27.7 Å². The number of hydrogen-bond acceptors (Lipinski definition) is 17. The highest BCUT2D eigenvalue weighted by atomic mass is 32.1. The summed E-state index contributed by atoms with van der Waals surface area (Å²) >= 11 is 8.26. The molecule has 0 aromatic heterocycles. The van der Waals surface area contributed by atoms with Crippen LogP contribution in [-0.4, -0.2) is 173 Å². The van der Waals surface area contributed by atoms with Gasteiger partial charge in [-0.1, -0.05) is 41.5 Å². The van der Waals surface area contributed by atoms with E-state index in [1.165, 1.54) is 6.92 Å².